The summed E-state index contributed by atoms with van der Waals surface area (Å²) in [5, 5.41) is 13.2. The van der Waals surface area contributed by atoms with Crippen LogP contribution in [0.4, 0.5) is 5.00 Å². The van der Waals surface area contributed by atoms with Crippen molar-refractivity contribution in [3.63, 3.8) is 0 Å². The molecule has 134 valence electrons. The van der Waals surface area contributed by atoms with Crippen molar-refractivity contribution < 1.29 is 9.59 Å². The number of anilines is 1. The number of carbonyl (C=O) groups excluding carboxylic acids is 2. The van der Waals surface area contributed by atoms with E-state index in [2.05, 4.69) is 11.4 Å². The van der Waals surface area contributed by atoms with Gasteiger partial charge in [0, 0.05) is 10.8 Å². The SMILES string of the molecule is N#Cc1c(NC(=O)CN2CCC(C(N)=O)CC2)sc2c1CCCCC2. The third kappa shape index (κ3) is 4.20. The van der Waals surface area contributed by atoms with Crippen molar-refractivity contribution in [3.8, 4) is 6.07 Å². The number of hydrogen-bond donors (Lipinski definition) is 2. The highest BCUT2D eigenvalue weighted by molar-refractivity contribution is 7.16. The summed E-state index contributed by atoms with van der Waals surface area (Å²) in [7, 11) is 0. The molecule has 25 heavy (non-hydrogen) atoms. The van der Waals surface area contributed by atoms with Crippen molar-refractivity contribution in [3.05, 3.63) is 16.0 Å². The molecule has 2 heterocycles. The number of aryl methyl sites for hydroxylation is 1. The summed E-state index contributed by atoms with van der Waals surface area (Å²) >= 11 is 1.56. The lowest BCUT2D eigenvalue weighted by molar-refractivity contribution is -0.123. The fourth-order valence-electron chi connectivity index (χ4n) is 3.69. The van der Waals surface area contributed by atoms with Gasteiger partial charge in [-0.2, -0.15) is 5.26 Å². The van der Waals surface area contributed by atoms with Gasteiger partial charge in [0.2, 0.25) is 11.8 Å². The molecule has 7 heteroatoms. The molecule has 0 bridgehead atoms. The number of amides is 2. The van der Waals surface area contributed by atoms with Gasteiger partial charge in [-0.25, -0.2) is 0 Å². The Morgan fingerprint density at radius 1 is 1.24 bits per heavy atom. The average molecular weight is 360 g/mol. The Kier molecular flexibility index (Phi) is 5.71. The van der Waals surface area contributed by atoms with Crippen molar-refractivity contribution >= 4 is 28.2 Å². The third-order valence-corrected chi connectivity index (χ3v) is 6.35. The number of rotatable bonds is 4. The standard InChI is InChI=1S/C18H24N4O2S/c19-10-14-13-4-2-1-3-5-15(13)25-18(14)21-16(23)11-22-8-6-12(7-9-22)17(20)24/h12H,1-9,11H2,(H2,20,24)(H,21,23). The molecule has 0 spiro atoms. The summed E-state index contributed by atoms with van der Waals surface area (Å²) in [5.41, 5.74) is 7.14. The minimum atomic E-state index is -0.247. The summed E-state index contributed by atoms with van der Waals surface area (Å²) in [6, 6.07) is 2.29. The molecule has 0 unspecified atom stereocenters. The maximum absolute atomic E-state index is 12.4. The molecule has 2 amide bonds. The minimum Gasteiger partial charge on any atom is -0.369 e. The van der Waals surface area contributed by atoms with Gasteiger partial charge in [-0.3, -0.25) is 14.5 Å². The van der Waals surface area contributed by atoms with Gasteiger partial charge < -0.3 is 11.1 Å². The fourth-order valence-corrected chi connectivity index (χ4v) is 4.95. The van der Waals surface area contributed by atoms with E-state index in [1.807, 2.05) is 4.90 Å². The molecule has 6 nitrogen and oxygen atoms in total. The molecule has 1 aromatic rings. The molecule has 0 radical (unpaired) electrons. The van der Waals surface area contributed by atoms with Crippen LogP contribution >= 0.6 is 11.3 Å². The number of nitrogens with one attached hydrogen (secondary N) is 1. The quantitative estimate of drug-likeness (QED) is 0.803. The van der Waals surface area contributed by atoms with E-state index in [-0.39, 0.29) is 17.7 Å². The summed E-state index contributed by atoms with van der Waals surface area (Å²) in [6.07, 6.45) is 6.82. The molecule has 2 aliphatic rings. The second-order valence-corrected chi connectivity index (χ2v) is 7.99. The van der Waals surface area contributed by atoms with Crippen LogP contribution < -0.4 is 11.1 Å². The van der Waals surface area contributed by atoms with Gasteiger partial charge in [0.1, 0.15) is 11.1 Å². The Hall–Kier alpha value is -1.91. The first-order chi connectivity index (χ1) is 12.1. The van der Waals surface area contributed by atoms with Crippen LogP contribution in [0.25, 0.3) is 0 Å². The van der Waals surface area contributed by atoms with Gasteiger partial charge in [0.05, 0.1) is 12.1 Å². The summed E-state index contributed by atoms with van der Waals surface area (Å²) in [5.74, 6) is -0.411. The van der Waals surface area contributed by atoms with Crippen molar-refractivity contribution in [2.45, 2.75) is 44.9 Å². The molecule has 1 fully saturated rings. The van der Waals surface area contributed by atoms with Gasteiger partial charge in [-0.15, -0.1) is 11.3 Å². The van der Waals surface area contributed by atoms with E-state index in [1.54, 1.807) is 11.3 Å². The van der Waals surface area contributed by atoms with Crippen molar-refractivity contribution in [1.29, 1.82) is 5.26 Å². The predicted octanol–water partition coefficient (Wildman–Crippen LogP) is 2.02. The van der Waals surface area contributed by atoms with Crippen LogP contribution in [-0.2, 0) is 22.4 Å². The lowest BCUT2D eigenvalue weighted by Crippen LogP contribution is -2.42. The van der Waals surface area contributed by atoms with Gasteiger partial charge >= 0.3 is 0 Å². The number of nitriles is 1. The number of likely N-dealkylation sites (tertiary alicyclic amines) is 1. The Morgan fingerprint density at radius 3 is 2.64 bits per heavy atom. The number of fused-ring (bicyclic) bond motifs is 1. The van der Waals surface area contributed by atoms with Crippen LogP contribution in [0.2, 0.25) is 0 Å². The molecular formula is C18H24N4O2S. The highest BCUT2D eigenvalue weighted by Crippen LogP contribution is 2.36. The average Bonchev–Trinajstić information content (AvgIpc) is 2.75. The molecule has 0 aromatic carbocycles. The Balaban J connectivity index is 1.60. The molecule has 0 atom stereocenters. The summed E-state index contributed by atoms with van der Waals surface area (Å²) in [4.78, 5) is 26.9. The zero-order valence-electron chi connectivity index (χ0n) is 14.3. The largest absolute Gasteiger partial charge is 0.369 e. The van der Waals surface area contributed by atoms with Gasteiger partial charge in [-0.1, -0.05) is 6.42 Å². The van der Waals surface area contributed by atoms with Crippen LogP contribution in [0.1, 0.15) is 48.1 Å². The first-order valence-electron chi connectivity index (χ1n) is 8.94. The third-order valence-electron chi connectivity index (χ3n) is 5.14. The first kappa shape index (κ1) is 17.9. The van der Waals surface area contributed by atoms with Crippen molar-refractivity contribution in [1.82, 2.24) is 4.90 Å². The Labute approximate surface area is 152 Å². The highest BCUT2D eigenvalue weighted by atomic mass is 32.1. The molecule has 3 rings (SSSR count). The number of nitrogens with two attached hydrogens (primary N) is 1. The molecular weight excluding hydrogens is 336 g/mol. The molecule has 1 aliphatic heterocycles. The number of primary amides is 1. The monoisotopic (exact) mass is 360 g/mol. The van der Waals surface area contributed by atoms with E-state index in [1.165, 1.54) is 11.3 Å². The topological polar surface area (TPSA) is 99.2 Å². The van der Waals surface area contributed by atoms with Crippen LogP contribution in [0.3, 0.4) is 0 Å². The Morgan fingerprint density at radius 2 is 1.96 bits per heavy atom. The van der Waals surface area contributed by atoms with Crippen molar-refractivity contribution in [2.24, 2.45) is 11.7 Å². The second-order valence-electron chi connectivity index (χ2n) is 6.88. The van der Waals surface area contributed by atoms with E-state index in [4.69, 9.17) is 5.73 Å². The first-order valence-corrected chi connectivity index (χ1v) is 9.76. The molecule has 1 saturated heterocycles. The zero-order chi connectivity index (χ0) is 17.8. The van der Waals surface area contributed by atoms with E-state index >= 15 is 0 Å². The maximum Gasteiger partial charge on any atom is 0.239 e. The van der Waals surface area contributed by atoms with Crippen LogP contribution in [0.5, 0.6) is 0 Å². The summed E-state index contributed by atoms with van der Waals surface area (Å²) < 4.78 is 0. The predicted molar refractivity (Wildman–Crippen MR) is 97.3 cm³/mol. The number of carbonyl (C=O) groups is 2. The molecule has 0 saturated carbocycles. The minimum absolute atomic E-state index is 0.0718. The van der Waals surface area contributed by atoms with Crippen LogP contribution in [0, 0.1) is 17.2 Å². The van der Waals surface area contributed by atoms with Crippen LogP contribution in [0.15, 0.2) is 0 Å². The van der Waals surface area contributed by atoms with Crippen LogP contribution in [-0.4, -0.2) is 36.3 Å². The lowest BCUT2D eigenvalue weighted by atomic mass is 9.96. The number of nitrogens with zero attached hydrogens (tertiary/aromatic N) is 2. The Bertz CT molecular complexity index is 699. The number of piperidine rings is 1. The maximum atomic E-state index is 12.4. The smallest absolute Gasteiger partial charge is 0.239 e. The van der Waals surface area contributed by atoms with Gasteiger partial charge in [-0.05, 0) is 57.2 Å². The van der Waals surface area contributed by atoms with Gasteiger partial charge in [0.15, 0.2) is 0 Å². The summed E-state index contributed by atoms with van der Waals surface area (Å²) in [6.45, 7) is 1.69. The zero-order valence-corrected chi connectivity index (χ0v) is 15.2. The second kappa shape index (κ2) is 7.98. The van der Waals surface area contributed by atoms with Crippen molar-refractivity contribution in [2.75, 3.05) is 25.0 Å². The molecule has 3 N–H and O–H groups in total. The van der Waals surface area contributed by atoms with E-state index < -0.39 is 0 Å². The normalized spacial score (nSPS) is 18.8. The van der Waals surface area contributed by atoms with Gasteiger partial charge in [0.25, 0.3) is 0 Å². The number of hydrogen-bond acceptors (Lipinski definition) is 5. The van der Waals surface area contributed by atoms with E-state index in [0.29, 0.717) is 43.0 Å². The molecule has 1 aromatic heterocycles. The highest BCUT2D eigenvalue weighted by Gasteiger charge is 2.25. The number of thiophene rings is 1. The van der Waals surface area contributed by atoms with E-state index in [9.17, 15) is 14.9 Å². The molecule has 1 aliphatic carbocycles. The fraction of sp³-hybridized carbons (Fsp3) is 0.611. The van der Waals surface area contributed by atoms with E-state index in [0.717, 1.165) is 31.2 Å². The lowest BCUT2D eigenvalue weighted by Gasteiger charge is -2.29.